The zero-order chi connectivity index (χ0) is 27.0. The van der Waals surface area contributed by atoms with Crippen LogP contribution in [-0.4, -0.2) is 76.3 Å². The number of methoxy groups -OCH3 is 2. The van der Waals surface area contributed by atoms with Gasteiger partial charge in [0.2, 0.25) is 10.0 Å². The number of rotatable bonds is 12. The van der Waals surface area contributed by atoms with Crippen LogP contribution in [-0.2, 0) is 35.6 Å². The van der Waals surface area contributed by atoms with Crippen molar-refractivity contribution in [1.29, 1.82) is 0 Å². The number of esters is 1. The van der Waals surface area contributed by atoms with Gasteiger partial charge in [0.05, 0.1) is 40.0 Å². The predicted octanol–water partition coefficient (Wildman–Crippen LogP) is 2.94. The fraction of sp³-hybridized carbons (Fsp3) is 0.375. The topological polar surface area (TPSA) is 117 Å². The molecule has 3 rings (SSSR count). The van der Waals surface area contributed by atoms with Crippen molar-refractivity contribution in [3.63, 3.8) is 0 Å². The number of nitrogens with zero attached hydrogens (tertiary/aromatic N) is 3. The van der Waals surface area contributed by atoms with Crippen molar-refractivity contribution in [2.24, 2.45) is 4.99 Å². The van der Waals surface area contributed by atoms with E-state index in [4.69, 9.17) is 25.8 Å². The Labute approximate surface area is 224 Å². The first kappa shape index (κ1) is 29.0. The van der Waals surface area contributed by atoms with Gasteiger partial charge in [0, 0.05) is 32.9 Å². The molecule has 0 aliphatic carbocycles. The van der Waals surface area contributed by atoms with Crippen molar-refractivity contribution in [2.75, 3.05) is 47.1 Å². The molecule has 0 saturated carbocycles. The molecule has 0 aliphatic rings. The lowest BCUT2D eigenvalue weighted by atomic mass is 10.2. The Bertz CT molecular complexity index is 1410. The Hall–Kier alpha value is -2.61. The molecule has 2 aromatic carbocycles. The number of amides is 1. The van der Waals surface area contributed by atoms with E-state index in [-0.39, 0.29) is 54.7 Å². The van der Waals surface area contributed by atoms with Gasteiger partial charge in [-0.15, -0.1) is 0 Å². The predicted molar refractivity (Wildman–Crippen MR) is 140 cm³/mol. The number of thiazole rings is 1. The summed E-state index contributed by atoms with van der Waals surface area (Å²) in [4.78, 5) is 29.7. The van der Waals surface area contributed by atoms with E-state index < -0.39 is 21.9 Å². The molecule has 0 atom stereocenters. The molecule has 13 heteroatoms. The summed E-state index contributed by atoms with van der Waals surface area (Å²) in [6, 6.07) is 10.8. The molecule has 200 valence electrons. The third kappa shape index (κ3) is 7.03. The van der Waals surface area contributed by atoms with Gasteiger partial charge in [-0.05, 0) is 43.3 Å². The van der Waals surface area contributed by atoms with Crippen molar-refractivity contribution < 1.29 is 32.2 Å². The summed E-state index contributed by atoms with van der Waals surface area (Å²) in [7, 11) is -0.847. The van der Waals surface area contributed by atoms with Gasteiger partial charge in [0.15, 0.2) is 4.80 Å². The number of benzene rings is 2. The Balaban J connectivity index is 1.94. The Morgan fingerprint density at radius 2 is 1.70 bits per heavy atom. The summed E-state index contributed by atoms with van der Waals surface area (Å²) in [5.74, 6) is -1.09. The number of ether oxygens (including phenoxy) is 3. The van der Waals surface area contributed by atoms with Crippen LogP contribution in [0.2, 0.25) is 5.02 Å². The molecule has 1 amide bonds. The zero-order valence-corrected chi connectivity index (χ0v) is 23.1. The molecule has 0 radical (unpaired) electrons. The SMILES string of the molecule is CCOC(=O)Cn1c(=NC(=O)c2ccc(S(=O)(=O)N(CCOC)CCOC)cc2)sc2cccc(Cl)c21. The maximum Gasteiger partial charge on any atom is 0.326 e. The van der Waals surface area contributed by atoms with E-state index in [9.17, 15) is 18.0 Å². The minimum atomic E-state index is -3.83. The number of carbonyl (C=O) groups excluding carboxylic acids is 2. The highest BCUT2D eigenvalue weighted by molar-refractivity contribution is 7.89. The molecule has 0 aliphatic heterocycles. The van der Waals surface area contributed by atoms with E-state index in [0.717, 1.165) is 4.70 Å². The Morgan fingerprint density at radius 3 is 2.30 bits per heavy atom. The molecule has 1 aromatic heterocycles. The van der Waals surface area contributed by atoms with Crippen LogP contribution in [0.4, 0.5) is 0 Å². The molecule has 1 heterocycles. The maximum atomic E-state index is 13.1. The minimum absolute atomic E-state index is 0.0299. The first-order valence-electron chi connectivity index (χ1n) is 11.3. The highest BCUT2D eigenvalue weighted by Gasteiger charge is 2.24. The molecule has 0 fully saturated rings. The number of hydrogen-bond donors (Lipinski definition) is 0. The minimum Gasteiger partial charge on any atom is -0.465 e. The lowest BCUT2D eigenvalue weighted by molar-refractivity contribution is -0.143. The number of halogens is 1. The fourth-order valence-electron chi connectivity index (χ4n) is 3.46. The van der Waals surface area contributed by atoms with Crippen molar-refractivity contribution in [3.05, 3.63) is 57.9 Å². The highest BCUT2D eigenvalue weighted by Crippen LogP contribution is 2.25. The van der Waals surface area contributed by atoms with Gasteiger partial charge in [-0.1, -0.05) is 29.0 Å². The largest absolute Gasteiger partial charge is 0.465 e. The van der Waals surface area contributed by atoms with Crippen LogP contribution in [0.15, 0.2) is 52.4 Å². The van der Waals surface area contributed by atoms with Gasteiger partial charge in [0.1, 0.15) is 6.54 Å². The number of fused-ring (bicyclic) bond motifs is 1. The molecular formula is C24H28ClN3O7S2. The average Bonchev–Trinajstić information content (AvgIpc) is 3.21. The van der Waals surface area contributed by atoms with E-state index in [1.807, 2.05) is 6.07 Å². The second-order valence-electron chi connectivity index (χ2n) is 7.69. The third-order valence-electron chi connectivity index (χ3n) is 5.27. The van der Waals surface area contributed by atoms with Crippen LogP contribution in [0, 0.1) is 0 Å². The molecule has 0 saturated heterocycles. The van der Waals surface area contributed by atoms with Crippen LogP contribution in [0.25, 0.3) is 10.2 Å². The molecule has 0 spiro atoms. The maximum absolute atomic E-state index is 13.1. The van der Waals surface area contributed by atoms with Gasteiger partial charge in [-0.25, -0.2) is 8.42 Å². The second kappa shape index (κ2) is 13.3. The fourth-order valence-corrected chi connectivity index (χ4v) is 6.26. The van der Waals surface area contributed by atoms with Crippen LogP contribution < -0.4 is 4.80 Å². The normalized spacial score (nSPS) is 12.4. The summed E-state index contributed by atoms with van der Waals surface area (Å²) in [5.41, 5.74) is 0.757. The first-order valence-corrected chi connectivity index (χ1v) is 14.0. The number of para-hydroxylation sites is 1. The lowest BCUT2D eigenvalue weighted by Gasteiger charge is -2.21. The summed E-state index contributed by atoms with van der Waals surface area (Å²) >= 11 is 7.57. The molecule has 0 N–H and O–H groups in total. The van der Waals surface area contributed by atoms with E-state index in [2.05, 4.69) is 4.99 Å². The van der Waals surface area contributed by atoms with Crippen LogP contribution in [0.1, 0.15) is 17.3 Å². The van der Waals surface area contributed by atoms with Gasteiger partial charge < -0.3 is 18.8 Å². The molecule has 0 bridgehead atoms. The summed E-state index contributed by atoms with van der Waals surface area (Å²) in [5, 5.41) is 0.410. The number of hydrogen-bond acceptors (Lipinski definition) is 8. The standard InChI is InChI=1S/C24H28ClN3O7S2/c1-4-35-21(29)16-28-22-19(25)6-5-7-20(22)36-24(28)26-23(30)17-8-10-18(11-9-17)37(31,32)27(12-14-33-2)13-15-34-3/h5-11H,4,12-16H2,1-3H3. The Morgan fingerprint density at radius 1 is 1.05 bits per heavy atom. The van der Waals surface area contributed by atoms with Gasteiger partial charge >= 0.3 is 5.97 Å². The monoisotopic (exact) mass is 569 g/mol. The van der Waals surface area contributed by atoms with Crippen molar-refractivity contribution in [2.45, 2.75) is 18.4 Å². The molecular weight excluding hydrogens is 542 g/mol. The van der Waals surface area contributed by atoms with Crippen LogP contribution in [0.3, 0.4) is 0 Å². The second-order valence-corrected chi connectivity index (χ2v) is 11.0. The smallest absolute Gasteiger partial charge is 0.326 e. The highest BCUT2D eigenvalue weighted by atomic mass is 35.5. The van der Waals surface area contributed by atoms with Crippen molar-refractivity contribution in [3.8, 4) is 0 Å². The molecule has 0 unspecified atom stereocenters. The van der Waals surface area contributed by atoms with Crippen LogP contribution >= 0.6 is 22.9 Å². The average molecular weight is 570 g/mol. The zero-order valence-electron chi connectivity index (χ0n) is 20.7. The quantitative estimate of drug-likeness (QED) is 0.308. The number of aromatic nitrogens is 1. The Kier molecular flexibility index (Phi) is 10.4. The molecule has 3 aromatic rings. The third-order valence-corrected chi connectivity index (χ3v) is 8.53. The number of carbonyl (C=O) groups is 2. The van der Waals surface area contributed by atoms with Crippen LogP contribution in [0.5, 0.6) is 0 Å². The van der Waals surface area contributed by atoms with E-state index in [1.165, 1.54) is 54.1 Å². The first-order chi connectivity index (χ1) is 17.7. The van der Waals surface area contributed by atoms with E-state index in [1.54, 1.807) is 23.6 Å². The van der Waals surface area contributed by atoms with Gasteiger partial charge in [0.25, 0.3) is 5.91 Å². The summed E-state index contributed by atoms with van der Waals surface area (Å²) < 4.78 is 44.9. The van der Waals surface area contributed by atoms with Gasteiger partial charge in [-0.2, -0.15) is 9.30 Å². The van der Waals surface area contributed by atoms with Crippen molar-refractivity contribution in [1.82, 2.24) is 8.87 Å². The molecule has 37 heavy (non-hydrogen) atoms. The molecule has 10 nitrogen and oxygen atoms in total. The van der Waals surface area contributed by atoms with Gasteiger partial charge in [-0.3, -0.25) is 9.59 Å². The number of sulfonamides is 1. The van der Waals surface area contributed by atoms with Crippen molar-refractivity contribution >= 4 is 55.1 Å². The summed E-state index contributed by atoms with van der Waals surface area (Å²) in [6.07, 6.45) is 0. The lowest BCUT2D eigenvalue weighted by Crippen LogP contribution is -2.36. The van der Waals surface area contributed by atoms with E-state index >= 15 is 0 Å². The summed E-state index contributed by atoms with van der Waals surface area (Å²) in [6.45, 7) is 2.52. The van der Waals surface area contributed by atoms with E-state index in [0.29, 0.717) is 10.5 Å².